The van der Waals surface area contributed by atoms with E-state index in [-0.39, 0.29) is 42.2 Å². The van der Waals surface area contributed by atoms with E-state index >= 15 is 0 Å². The van der Waals surface area contributed by atoms with Crippen LogP contribution in [0.5, 0.6) is 0 Å². The molecule has 3 aliphatic heterocycles. The molecular formula is C28H32N6O4S. The Balaban J connectivity index is 1.32. The molecule has 3 amide bonds. The van der Waals surface area contributed by atoms with Crippen LogP contribution < -0.4 is 10.6 Å². The molecule has 3 aromatic rings. The number of carbonyl (C=O) groups is 3. The first-order valence-corrected chi connectivity index (χ1v) is 14.3. The summed E-state index contributed by atoms with van der Waals surface area (Å²) in [6, 6.07) is 15.4. The SMILES string of the molecule is CC(C)[C@H](CO)N1C(=O)[C@@H]2[C@@H](C(=O)Nc3ccccc3)[C@H]3CCC2(S3)C1C(=O)NCn1nnc2ccccc21. The van der Waals surface area contributed by atoms with Crippen molar-refractivity contribution in [2.75, 3.05) is 11.9 Å². The van der Waals surface area contributed by atoms with Crippen molar-refractivity contribution in [2.24, 2.45) is 17.8 Å². The lowest BCUT2D eigenvalue weighted by atomic mass is 9.70. The quantitative estimate of drug-likeness (QED) is 0.394. The van der Waals surface area contributed by atoms with Crippen molar-refractivity contribution in [1.29, 1.82) is 0 Å². The van der Waals surface area contributed by atoms with E-state index in [0.29, 0.717) is 12.1 Å². The summed E-state index contributed by atoms with van der Waals surface area (Å²) >= 11 is 1.61. The van der Waals surface area contributed by atoms with Gasteiger partial charge >= 0.3 is 0 Å². The summed E-state index contributed by atoms with van der Waals surface area (Å²) in [7, 11) is 0. The Hall–Kier alpha value is -3.44. The van der Waals surface area contributed by atoms with Gasteiger partial charge < -0.3 is 20.6 Å². The predicted octanol–water partition coefficient (Wildman–Crippen LogP) is 2.25. The number of anilines is 1. The number of hydrogen-bond acceptors (Lipinski definition) is 7. The number of amides is 3. The minimum Gasteiger partial charge on any atom is -0.394 e. The molecule has 0 radical (unpaired) electrons. The fourth-order valence-electron chi connectivity index (χ4n) is 6.70. The fraction of sp³-hybridized carbons (Fsp3) is 0.464. The van der Waals surface area contributed by atoms with E-state index in [1.807, 2.05) is 68.4 Å². The summed E-state index contributed by atoms with van der Waals surface area (Å²) in [4.78, 5) is 43.4. The number of benzene rings is 2. The number of aliphatic hydroxyl groups is 1. The van der Waals surface area contributed by atoms with Crippen molar-refractivity contribution in [3.63, 3.8) is 0 Å². The van der Waals surface area contributed by atoms with E-state index in [9.17, 15) is 19.5 Å². The van der Waals surface area contributed by atoms with Crippen molar-refractivity contribution in [3.05, 3.63) is 54.6 Å². The van der Waals surface area contributed by atoms with Crippen LogP contribution in [-0.2, 0) is 21.1 Å². The third-order valence-corrected chi connectivity index (χ3v) is 10.4. The van der Waals surface area contributed by atoms with Crippen molar-refractivity contribution >= 4 is 46.2 Å². The average molecular weight is 549 g/mol. The summed E-state index contributed by atoms with van der Waals surface area (Å²) in [6.07, 6.45) is 1.41. The summed E-state index contributed by atoms with van der Waals surface area (Å²) in [6.45, 7) is 3.69. The number of likely N-dealkylation sites (tertiary alicyclic amines) is 1. The molecule has 6 rings (SSSR count). The number of rotatable bonds is 8. The van der Waals surface area contributed by atoms with Gasteiger partial charge in [0.2, 0.25) is 17.7 Å². The number of para-hydroxylation sites is 2. The topological polar surface area (TPSA) is 129 Å². The van der Waals surface area contributed by atoms with Gasteiger partial charge in [0.25, 0.3) is 0 Å². The van der Waals surface area contributed by atoms with E-state index < -0.39 is 28.7 Å². The third kappa shape index (κ3) is 4.10. The number of thioether (sulfide) groups is 1. The summed E-state index contributed by atoms with van der Waals surface area (Å²) in [5.41, 5.74) is 2.19. The van der Waals surface area contributed by atoms with E-state index in [0.717, 1.165) is 17.5 Å². The summed E-state index contributed by atoms with van der Waals surface area (Å²) in [5, 5.41) is 24.6. The third-order valence-electron chi connectivity index (χ3n) is 8.47. The monoisotopic (exact) mass is 548 g/mol. The molecule has 2 aromatic carbocycles. The maximum atomic E-state index is 14.2. The van der Waals surface area contributed by atoms with Crippen LogP contribution in [0, 0.1) is 17.8 Å². The molecule has 2 unspecified atom stereocenters. The fourth-order valence-corrected chi connectivity index (χ4v) is 8.90. The summed E-state index contributed by atoms with van der Waals surface area (Å²) < 4.78 is 0.877. The van der Waals surface area contributed by atoms with Gasteiger partial charge in [0.1, 0.15) is 18.2 Å². The molecule has 10 nitrogen and oxygen atoms in total. The van der Waals surface area contributed by atoms with Crippen LogP contribution in [0.3, 0.4) is 0 Å². The predicted molar refractivity (Wildman–Crippen MR) is 147 cm³/mol. The van der Waals surface area contributed by atoms with Gasteiger partial charge in [0, 0.05) is 10.9 Å². The van der Waals surface area contributed by atoms with Crippen LogP contribution in [-0.4, -0.2) is 71.4 Å². The van der Waals surface area contributed by atoms with Crippen LogP contribution in [0.4, 0.5) is 5.69 Å². The Labute approximate surface area is 230 Å². The van der Waals surface area contributed by atoms with E-state index in [4.69, 9.17) is 0 Å². The Morgan fingerprint density at radius 1 is 1.13 bits per heavy atom. The molecular weight excluding hydrogens is 516 g/mol. The normalized spacial score (nSPS) is 28.2. The molecule has 3 aliphatic rings. The lowest BCUT2D eigenvalue weighted by molar-refractivity contribution is -0.143. The number of fused-ring (bicyclic) bond motifs is 2. The number of hydrogen-bond donors (Lipinski definition) is 3. The molecule has 0 aliphatic carbocycles. The number of nitrogens with one attached hydrogen (secondary N) is 2. The molecule has 6 atom stereocenters. The minimum absolute atomic E-state index is 0.0500. The van der Waals surface area contributed by atoms with Crippen molar-refractivity contribution in [3.8, 4) is 0 Å². The second kappa shape index (κ2) is 9.95. The van der Waals surface area contributed by atoms with Gasteiger partial charge in [-0.25, -0.2) is 4.68 Å². The zero-order chi connectivity index (χ0) is 27.3. The van der Waals surface area contributed by atoms with Crippen LogP contribution >= 0.6 is 11.8 Å². The average Bonchev–Trinajstić information content (AvgIpc) is 3.68. The van der Waals surface area contributed by atoms with Crippen molar-refractivity contribution in [1.82, 2.24) is 25.2 Å². The van der Waals surface area contributed by atoms with Crippen LogP contribution in [0.2, 0.25) is 0 Å². The molecule has 1 aromatic heterocycles. The second-order valence-corrected chi connectivity index (χ2v) is 12.5. The van der Waals surface area contributed by atoms with Gasteiger partial charge in [-0.2, -0.15) is 0 Å². The van der Waals surface area contributed by atoms with Gasteiger partial charge in [-0.1, -0.05) is 49.4 Å². The standard InChI is InChI=1S/C28H32N6O4S/c1-16(2)20(14-35)34-24(26(37)29-15-33-19-11-7-6-10-18(19)31-32-33)28-13-12-21(39-28)22(23(28)27(34)38)25(36)30-17-8-4-3-5-9-17/h3-11,16,20-24,35H,12-15H2,1-2H3,(H,29,37)(H,30,36)/t20-,21+,22-,23-,24?,28?/m0/s1. The number of aliphatic hydroxyl groups excluding tert-OH is 1. The van der Waals surface area contributed by atoms with E-state index in [1.165, 1.54) is 0 Å². The highest BCUT2D eigenvalue weighted by Crippen LogP contribution is 2.66. The lowest BCUT2D eigenvalue weighted by Gasteiger charge is -2.38. The first-order chi connectivity index (χ1) is 18.9. The minimum atomic E-state index is -0.811. The molecule has 3 saturated heterocycles. The lowest BCUT2D eigenvalue weighted by Crippen LogP contribution is -2.57. The van der Waals surface area contributed by atoms with E-state index in [1.54, 1.807) is 21.3 Å². The van der Waals surface area contributed by atoms with Gasteiger partial charge in [0.15, 0.2) is 0 Å². The number of aromatic nitrogens is 3. The molecule has 11 heteroatoms. The highest BCUT2D eigenvalue weighted by Gasteiger charge is 2.74. The van der Waals surface area contributed by atoms with Crippen LogP contribution in [0.15, 0.2) is 54.6 Å². The molecule has 3 fully saturated rings. The largest absolute Gasteiger partial charge is 0.394 e. The van der Waals surface area contributed by atoms with Gasteiger partial charge in [0.05, 0.1) is 34.7 Å². The molecule has 1 spiro atoms. The zero-order valence-corrected chi connectivity index (χ0v) is 22.7. The van der Waals surface area contributed by atoms with Gasteiger partial charge in [-0.3, -0.25) is 14.4 Å². The number of nitrogens with zero attached hydrogens (tertiary/aromatic N) is 4. The molecule has 204 valence electrons. The molecule has 3 N–H and O–H groups in total. The van der Waals surface area contributed by atoms with Gasteiger partial charge in [-0.05, 0) is 43.0 Å². The first kappa shape index (κ1) is 25.8. The highest BCUT2D eigenvalue weighted by molar-refractivity contribution is 8.02. The van der Waals surface area contributed by atoms with Crippen molar-refractivity contribution < 1.29 is 19.5 Å². The Bertz CT molecular complexity index is 1410. The molecule has 0 saturated carbocycles. The van der Waals surface area contributed by atoms with Crippen LogP contribution in [0.1, 0.15) is 26.7 Å². The Morgan fingerprint density at radius 3 is 2.62 bits per heavy atom. The maximum Gasteiger partial charge on any atom is 0.245 e. The van der Waals surface area contributed by atoms with Gasteiger partial charge in [-0.15, -0.1) is 16.9 Å². The highest BCUT2D eigenvalue weighted by atomic mass is 32.2. The maximum absolute atomic E-state index is 14.2. The molecule has 39 heavy (non-hydrogen) atoms. The second-order valence-electron chi connectivity index (χ2n) is 10.9. The smallest absolute Gasteiger partial charge is 0.245 e. The van der Waals surface area contributed by atoms with E-state index in [2.05, 4.69) is 20.9 Å². The Morgan fingerprint density at radius 2 is 1.87 bits per heavy atom. The molecule has 2 bridgehead atoms. The first-order valence-electron chi connectivity index (χ1n) is 13.4. The Kier molecular flexibility index (Phi) is 6.58. The molecule has 4 heterocycles. The summed E-state index contributed by atoms with van der Waals surface area (Å²) in [5.74, 6) is -2.00. The zero-order valence-electron chi connectivity index (χ0n) is 21.9. The number of carbonyl (C=O) groups excluding carboxylic acids is 3. The van der Waals surface area contributed by atoms with Crippen molar-refractivity contribution in [2.45, 2.75) is 55.4 Å². The van der Waals surface area contributed by atoms with Crippen LogP contribution in [0.25, 0.3) is 11.0 Å².